The summed E-state index contributed by atoms with van der Waals surface area (Å²) < 4.78 is 56.7. The monoisotopic (exact) mass is 788 g/mol. The van der Waals surface area contributed by atoms with Crippen LogP contribution < -0.4 is 19.6 Å². The molecule has 3 aromatic carbocycles. The Balaban J connectivity index is 1.71. The van der Waals surface area contributed by atoms with Gasteiger partial charge in [0.2, 0.25) is 0 Å². The Kier molecular flexibility index (Phi) is 9.76. The molecule has 0 radical (unpaired) electrons. The fourth-order valence-corrected chi connectivity index (χ4v) is 6.85. The summed E-state index contributed by atoms with van der Waals surface area (Å²) in [6.45, 7) is 1.47. The van der Waals surface area contributed by atoms with E-state index < -0.39 is 35.0 Å². The molecule has 1 aromatic heterocycles. The predicted molar refractivity (Wildman–Crippen MR) is 170 cm³/mol. The Morgan fingerprint density at radius 3 is 2.39 bits per heavy atom. The number of carbonyl (C=O) groups excluding carboxylic acids is 1. The number of ether oxygens (including phenoxy) is 2. The van der Waals surface area contributed by atoms with Crippen molar-refractivity contribution in [2.45, 2.75) is 25.7 Å². The van der Waals surface area contributed by atoms with Crippen LogP contribution in [0.2, 0.25) is 10.0 Å². The van der Waals surface area contributed by atoms with Crippen LogP contribution in [0.4, 0.5) is 13.2 Å². The van der Waals surface area contributed by atoms with Crippen LogP contribution in [-0.2, 0) is 16.1 Å². The van der Waals surface area contributed by atoms with Crippen LogP contribution in [-0.4, -0.2) is 23.3 Å². The number of benzene rings is 3. The lowest BCUT2D eigenvalue weighted by molar-refractivity contribution is -0.140. The van der Waals surface area contributed by atoms with Crippen molar-refractivity contribution in [1.29, 1.82) is 0 Å². The summed E-state index contributed by atoms with van der Waals surface area (Å²) in [5, 5.41) is 0.649. The standard InChI is InChI=1S/C30H19Br2Cl2F3N2O4S/c1-2-42-28(41)23-24(16-5-9-19(33)10-6-16)39-27(40)22(44-29(39)38-26(23)30(35,36)37)12-17-11-20(34)13-21(32)25(17)43-14-15-3-7-18(31)8-4-15/h3-13,24H,2,14H2,1H3/b22-12-/t24-/m0/s1. The normalized spacial score (nSPS) is 15.2. The molecular formula is C30H19Br2Cl2F3N2O4S. The van der Waals surface area contributed by atoms with E-state index in [1.165, 1.54) is 37.3 Å². The molecule has 0 aliphatic carbocycles. The Morgan fingerprint density at radius 2 is 1.75 bits per heavy atom. The van der Waals surface area contributed by atoms with Crippen LogP contribution in [0.25, 0.3) is 6.08 Å². The lowest BCUT2D eigenvalue weighted by atomic mass is 9.95. The largest absolute Gasteiger partial charge is 0.487 e. The van der Waals surface area contributed by atoms with E-state index in [1.54, 1.807) is 12.1 Å². The van der Waals surface area contributed by atoms with E-state index in [9.17, 15) is 22.8 Å². The summed E-state index contributed by atoms with van der Waals surface area (Å²) in [6, 6.07) is 15.0. The van der Waals surface area contributed by atoms with Crippen LogP contribution >= 0.6 is 66.4 Å². The zero-order valence-electron chi connectivity index (χ0n) is 22.4. The number of nitrogens with zero attached hydrogens (tertiary/aromatic N) is 2. The van der Waals surface area contributed by atoms with E-state index in [0.29, 0.717) is 25.8 Å². The van der Waals surface area contributed by atoms with Crippen molar-refractivity contribution in [1.82, 2.24) is 4.57 Å². The first-order chi connectivity index (χ1) is 20.9. The van der Waals surface area contributed by atoms with Crippen LogP contribution in [0, 0.1) is 0 Å². The summed E-state index contributed by atoms with van der Waals surface area (Å²) in [6.07, 6.45) is -3.55. The first kappa shape index (κ1) is 32.5. The van der Waals surface area contributed by atoms with Crippen molar-refractivity contribution in [3.05, 3.63) is 127 Å². The second kappa shape index (κ2) is 13.2. The second-order valence-corrected chi connectivity index (χ2v) is 13.0. The van der Waals surface area contributed by atoms with Gasteiger partial charge in [-0.3, -0.25) is 9.36 Å². The summed E-state index contributed by atoms with van der Waals surface area (Å²) in [5.74, 6) is -0.874. The quantitative estimate of drug-likeness (QED) is 0.180. The molecule has 0 saturated carbocycles. The van der Waals surface area contributed by atoms with E-state index in [-0.39, 0.29) is 28.1 Å². The highest BCUT2D eigenvalue weighted by molar-refractivity contribution is 9.10. The van der Waals surface area contributed by atoms with Gasteiger partial charge >= 0.3 is 12.1 Å². The average Bonchev–Trinajstić information content (AvgIpc) is 3.27. The summed E-state index contributed by atoms with van der Waals surface area (Å²) >= 11 is 20.0. The maximum absolute atomic E-state index is 14.4. The lowest BCUT2D eigenvalue weighted by Gasteiger charge is -2.26. The zero-order chi connectivity index (χ0) is 31.8. The molecule has 4 aromatic rings. The highest BCUT2D eigenvalue weighted by Gasteiger charge is 2.45. The van der Waals surface area contributed by atoms with Crippen molar-refractivity contribution in [3.63, 3.8) is 0 Å². The van der Waals surface area contributed by atoms with Gasteiger partial charge in [-0.25, -0.2) is 9.79 Å². The van der Waals surface area contributed by atoms with Crippen molar-refractivity contribution < 1.29 is 27.4 Å². The van der Waals surface area contributed by atoms with Gasteiger partial charge in [-0.15, -0.1) is 0 Å². The van der Waals surface area contributed by atoms with E-state index in [0.717, 1.165) is 25.9 Å². The molecule has 0 spiro atoms. The summed E-state index contributed by atoms with van der Waals surface area (Å²) in [5.41, 5.74) is -1.43. The third kappa shape index (κ3) is 6.84. The van der Waals surface area contributed by atoms with E-state index >= 15 is 0 Å². The van der Waals surface area contributed by atoms with Gasteiger partial charge in [-0.1, -0.05) is 74.7 Å². The molecule has 0 saturated heterocycles. The number of fused-ring (bicyclic) bond motifs is 1. The fraction of sp³-hybridized carbons (Fsp3) is 0.167. The van der Waals surface area contributed by atoms with Gasteiger partial charge in [0, 0.05) is 20.1 Å². The van der Waals surface area contributed by atoms with Gasteiger partial charge in [0.25, 0.3) is 5.56 Å². The molecule has 228 valence electrons. The molecule has 0 N–H and O–H groups in total. The van der Waals surface area contributed by atoms with Crippen LogP contribution in [0.1, 0.15) is 29.7 Å². The van der Waals surface area contributed by atoms with Gasteiger partial charge in [-0.2, -0.15) is 13.2 Å². The molecule has 0 amide bonds. The molecule has 1 aliphatic heterocycles. The first-order valence-corrected chi connectivity index (χ1v) is 15.9. The number of halogens is 7. The summed E-state index contributed by atoms with van der Waals surface area (Å²) in [4.78, 5) is 30.5. The Morgan fingerprint density at radius 1 is 1.07 bits per heavy atom. The minimum absolute atomic E-state index is 0.0389. The highest BCUT2D eigenvalue weighted by Crippen LogP contribution is 2.39. The molecule has 0 bridgehead atoms. The van der Waals surface area contributed by atoms with Crippen LogP contribution in [0.3, 0.4) is 0 Å². The minimum Gasteiger partial charge on any atom is -0.487 e. The average molecular weight is 791 g/mol. The number of allylic oxidation sites excluding steroid dienone is 1. The smallest absolute Gasteiger partial charge is 0.434 e. The van der Waals surface area contributed by atoms with Gasteiger partial charge in [0.05, 0.1) is 27.2 Å². The molecule has 1 aliphatic rings. The molecule has 0 unspecified atom stereocenters. The Hall–Kier alpha value is -2.90. The Bertz CT molecular complexity index is 1960. The SMILES string of the molecule is CCOC(=O)C1=C(C(F)(F)F)N=c2s/c(=C\c3cc(Cl)cc(Br)c3OCc3ccc(Br)cc3)c(=O)n2[C@H]1c1ccc(Cl)cc1. The first-order valence-electron chi connectivity index (χ1n) is 12.8. The third-order valence-electron chi connectivity index (χ3n) is 6.40. The maximum Gasteiger partial charge on any atom is 0.434 e. The predicted octanol–water partition coefficient (Wildman–Crippen LogP) is 7.75. The lowest BCUT2D eigenvalue weighted by Crippen LogP contribution is -2.41. The Labute approximate surface area is 279 Å². The van der Waals surface area contributed by atoms with Crippen molar-refractivity contribution in [2.75, 3.05) is 6.61 Å². The van der Waals surface area contributed by atoms with Crippen molar-refractivity contribution >= 4 is 78.4 Å². The van der Waals surface area contributed by atoms with Crippen LogP contribution in [0.5, 0.6) is 5.75 Å². The molecular weight excluding hydrogens is 772 g/mol. The molecule has 0 fully saturated rings. The van der Waals surface area contributed by atoms with Crippen molar-refractivity contribution in [2.24, 2.45) is 4.99 Å². The topological polar surface area (TPSA) is 69.9 Å². The zero-order valence-corrected chi connectivity index (χ0v) is 27.9. The number of aromatic nitrogens is 1. The molecule has 44 heavy (non-hydrogen) atoms. The number of hydrogen-bond donors (Lipinski definition) is 0. The number of alkyl halides is 3. The van der Waals surface area contributed by atoms with E-state index in [4.69, 9.17) is 32.7 Å². The highest BCUT2D eigenvalue weighted by atomic mass is 79.9. The molecule has 14 heteroatoms. The number of rotatable bonds is 7. The van der Waals surface area contributed by atoms with Gasteiger partial charge in [0.15, 0.2) is 10.5 Å². The van der Waals surface area contributed by atoms with Crippen LogP contribution in [0.15, 0.2) is 90.7 Å². The maximum atomic E-state index is 14.4. The molecule has 1 atom stereocenters. The number of thiazole rings is 1. The number of hydrogen-bond acceptors (Lipinski definition) is 6. The van der Waals surface area contributed by atoms with Gasteiger partial charge in [0.1, 0.15) is 12.4 Å². The number of carbonyl (C=O) groups is 1. The summed E-state index contributed by atoms with van der Waals surface area (Å²) in [7, 11) is 0. The molecule has 5 rings (SSSR count). The molecule has 6 nitrogen and oxygen atoms in total. The molecule has 2 heterocycles. The third-order valence-corrected chi connectivity index (χ3v) is 8.97. The van der Waals surface area contributed by atoms with Gasteiger partial charge in [-0.05, 0) is 76.5 Å². The second-order valence-electron chi connectivity index (χ2n) is 9.34. The fourth-order valence-electron chi connectivity index (χ4n) is 4.52. The van der Waals surface area contributed by atoms with Gasteiger partial charge < -0.3 is 9.47 Å². The number of esters is 1. The van der Waals surface area contributed by atoms with Crippen molar-refractivity contribution in [3.8, 4) is 5.75 Å². The van der Waals surface area contributed by atoms with E-state index in [2.05, 4.69) is 36.9 Å². The minimum atomic E-state index is -5.02. The van der Waals surface area contributed by atoms with E-state index in [1.807, 2.05) is 24.3 Å².